The molecule has 3 heteroatoms. The van der Waals surface area contributed by atoms with Crippen molar-refractivity contribution in [3.05, 3.63) is 23.2 Å². The highest BCUT2D eigenvalue weighted by Crippen LogP contribution is 2.30. The van der Waals surface area contributed by atoms with Gasteiger partial charge < -0.3 is 14.5 Å². The Morgan fingerprint density at radius 1 is 1.33 bits per heavy atom. The van der Waals surface area contributed by atoms with E-state index in [0.717, 1.165) is 37.2 Å². The van der Waals surface area contributed by atoms with Crippen LogP contribution in [0.2, 0.25) is 0 Å². The maximum Gasteiger partial charge on any atom is 0.105 e. The number of hydrogen-bond acceptors (Lipinski definition) is 3. The maximum absolute atomic E-state index is 5.67. The zero-order valence-electron chi connectivity index (χ0n) is 11.8. The molecule has 0 spiro atoms. The second kappa shape index (κ2) is 6.39. The predicted octanol–water partition coefficient (Wildman–Crippen LogP) is 3.36. The first kappa shape index (κ1) is 13.6. The molecule has 0 saturated carbocycles. The zero-order valence-corrected chi connectivity index (χ0v) is 11.8. The van der Waals surface area contributed by atoms with E-state index in [0.29, 0.717) is 6.04 Å². The van der Waals surface area contributed by atoms with E-state index in [1.54, 1.807) is 0 Å². The van der Waals surface area contributed by atoms with Gasteiger partial charge in [-0.2, -0.15) is 0 Å². The molecule has 0 aromatic carbocycles. The van der Waals surface area contributed by atoms with E-state index in [-0.39, 0.29) is 0 Å². The highest BCUT2D eigenvalue weighted by atomic mass is 16.5. The fourth-order valence-corrected chi connectivity index (χ4v) is 2.88. The van der Waals surface area contributed by atoms with E-state index < -0.39 is 0 Å². The highest BCUT2D eigenvalue weighted by molar-refractivity contribution is 5.24. The largest absolute Gasteiger partial charge is 0.466 e. The average Bonchev–Trinajstić information content (AvgIpc) is 2.69. The lowest BCUT2D eigenvalue weighted by Gasteiger charge is -2.27. The van der Waals surface area contributed by atoms with Crippen LogP contribution in [0.15, 0.2) is 10.5 Å². The third-order valence-electron chi connectivity index (χ3n) is 3.82. The number of rotatable bonds is 5. The monoisotopic (exact) mass is 251 g/mol. The summed E-state index contributed by atoms with van der Waals surface area (Å²) < 4.78 is 11.1. The summed E-state index contributed by atoms with van der Waals surface area (Å²) in [5.41, 5.74) is 1.33. The quantitative estimate of drug-likeness (QED) is 0.871. The number of hydrogen-bond donors (Lipinski definition) is 1. The van der Waals surface area contributed by atoms with Crippen molar-refractivity contribution in [1.29, 1.82) is 0 Å². The van der Waals surface area contributed by atoms with Crippen LogP contribution in [0.3, 0.4) is 0 Å². The van der Waals surface area contributed by atoms with Crippen LogP contribution in [-0.2, 0) is 4.74 Å². The fraction of sp³-hybridized carbons (Fsp3) is 0.733. The molecule has 1 aromatic heterocycles. The molecule has 1 N–H and O–H groups in total. The Morgan fingerprint density at radius 2 is 2.06 bits per heavy atom. The van der Waals surface area contributed by atoms with Crippen LogP contribution in [0.5, 0.6) is 0 Å². The summed E-state index contributed by atoms with van der Waals surface area (Å²) in [7, 11) is 0. The van der Waals surface area contributed by atoms with Gasteiger partial charge in [-0.25, -0.2) is 0 Å². The van der Waals surface area contributed by atoms with Crippen molar-refractivity contribution in [2.24, 2.45) is 5.92 Å². The molecule has 0 radical (unpaired) electrons. The maximum atomic E-state index is 5.67. The molecular formula is C15H25NO2. The van der Waals surface area contributed by atoms with E-state index in [4.69, 9.17) is 9.15 Å². The SMILES string of the molecule is CCNC(CC1CCOCC1)c1cc(C)oc1C. The fourth-order valence-electron chi connectivity index (χ4n) is 2.88. The molecule has 1 atom stereocenters. The molecule has 1 aromatic rings. The molecule has 1 fully saturated rings. The molecule has 2 rings (SSSR count). The van der Waals surface area contributed by atoms with E-state index in [1.807, 2.05) is 6.92 Å². The molecule has 102 valence electrons. The van der Waals surface area contributed by atoms with Crippen molar-refractivity contribution in [2.45, 2.75) is 46.1 Å². The van der Waals surface area contributed by atoms with E-state index in [9.17, 15) is 0 Å². The Kier molecular flexibility index (Phi) is 4.84. The smallest absolute Gasteiger partial charge is 0.105 e. The molecule has 0 aliphatic carbocycles. The number of ether oxygens (including phenoxy) is 1. The van der Waals surface area contributed by atoms with Crippen molar-refractivity contribution in [3.63, 3.8) is 0 Å². The van der Waals surface area contributed by atoms with Crippen LogP contribution in [0.1, 0.15) is 49.3 Å². The number of furan rings is 1. The Balaban J connectivity index is 2.04. The standard InChI is InChI=1S/C15H25NO2/c1-4-16-15(10-13-5-7-17-8-6-13)14-9-11(2)18-12(14)3/h9,13,15-16H,4-8,10H2,1-3H3. The first-order valence-electron chi connectivity index (χ1n) is 7.08. The van der Waals surface area contributed by atoms with Crippen LogP contribution in [0, 0.1) is 19.8 Å². The van der Waals surface area contributed by atoms with Gasteiger partial charge in [-0.15, -0.1) is 0 Å². The van der Waals surface area contributed by atoms with Crippen LogP contribution in [0.25, 0.3) is 0 Å². The second-order valence-electron chi connectivity index (χ2n) is 5.27. The van der Waals surface area contributed by atoms with Crippen molar-refractivity contribution in [2.75, 3.05) is 19.8 Å². The molecule has 0 amide bonds. The normalized spacial score (nSPS) is 19.1. The lowest BCUT2D eigenvalue weighted by molar-refractivity contribution is 0.0605. The van der Waals surface area contributed by atoms with Crippen LogP contribution in [0.4, 0.5) is 0 Å². The Bertz CT molecular complexity index is 367. The van der Waals surface area contributed by atoms with E-state index in [1.165, 1.54) is 24.8 Å². The van der Waals surface area contributed by atoms with Gasteiger partial charge in [-0.05, 0) is 51.6 Å². The van der Waals surface area contributed by atoms with Crippen LogP contribution >= 0.6 is 0 Å². The molecular weight excluding hydrogens is 226 g/mol. The first-order chi connectivity index (χ1) is 8.70. The molecule has 0 bridgehead atoms. The first-order valence-corrected chi connectivity index (χ1v) is 7.08. The minimum atomic E-state index is 0.426. The third-order valence-corrected chi connectivity index (χ3v) is 3.82. The lowest BCUT2D eigenvalue weighted by atomic mass is 9.89. The summed E-state index contributed by atoms with van der Waals surface area (Å²) in [5.74, 6) is 2.85. The van der Waals surface area contributed by atoms with Gasteiger partial charge in [0.25, 0.3) is 0 Å². The summed E-state index contributed by atoms with van der Waals surface area (Å²) >= 11 is 0. The molecule has 1 unspecified atom stereocenters. The van der Waals surface area contributed by atoms with Gasteiger partial charge in [0.2, 0.25) is 0 Å². The summed E-state index contributed by atoms with van der Waals surface area (Å²) in [6, 6.07) is 2.61. The Morgan fingerprint density at radius 3 is 2.61 bits per heavy atom. The van der Waals surface area contributed by atoms with Crippen LogP contribution < -0.4 is 5.32 Å². The molecule has 1 aliphatic rings. The summed E-state index contributed by atoms with van der Waals surface area (Å²) in [6.45, 7) is 9.10. The van der Waals surface area contributed by atoms with E-state index >= 15 is 0 Å². The predicted molar refractivity (Wildman–Crippen MR) is 72.8 cm³/mol. The molecule has 18 heavy (non-hydrogen) atoms. The summed E-state index contributed by atoms with van der Waals surface area (Å²) in [4.78, 5) is 0. The van der Waals surface area contributed by atoms with Gasteiger partial charge in [0.1, 0.15) is 11.5 Å². The van der Waals surface area contributed by atoms with Gasteiger partial charge in [-0.3, -0.25) is 0 Å². The summed E-state index contributed by atoms with van der Waals surface area (Å²) in [5, 5.41) is 3.60. The minimum absolute atomic E-state index is 0.426. The Labute approximate surface area is 110 Å². The third kappa shape index (κ3) is 3.36. The van der Waals surface area contributed by atoms with Gasteiger partial charge in [0.15, 0.2) is 0 Å². The van der Waals surface area contributed by atoms with Crippen molar-refractivity contribution in [1.82, 2.24) is 5.32 Å². The Hall–Kier alpha value is -0.800. The van der Waals surface area contributed by atoms with Gasteiger partial charge in [-0.1, -0.05) is 6.92 Å². The number of aryl methyl sites for hydroxylation is 2. The molecule has 3 nitrogen and oxygen atoms in total. The van der Waals surface area contributed by atoms with E-state index in [2.05, 4.69) is 25.2 Å². The highest BCUT2D eigenvalue weighted by Gasteiger charge is 2.22. The zero-order chi connectivity index (χ0) is 13.0. The minimum Gasteiger partial charge on any atom is -0.466 e. The molecule has 1 saturated heterocycles. The lowest BCUT2D eigenvalue weighted by Crippen LogP contribution is -2.26. The van der Waals surface area contributed by atoms with Crippen molar-refractivity contribution < 1.29 is 9.15 Å². The average molecular weight is 251 g/mol. The number of nitrogens with one attached hydrogen (secondary N) is 1. The summed E-state index contributed by atoms with van der Waals surface area (Å²) in [6.07, 6.45) is 3.58. The van der Waals surface area contributed by atoms with Gasteiger partial charge >= 0.3 is 0 Å². The van der Waals surface area contributed by atoms with Crippen molar-refractivity contribution in [3.8, 4) is 0 Å². The topological polar surface area (TPSA) is 34.4 Å². The van der Waals surface area contributed by atoms with Crippen LogP contribution in [-0.4, -0.2) is 19.8 Å². The molecule has 2 heterocycles. The van der Waals surface area contributed by atoms with Crippen molar-refractivity contribution >= 4 is 0 Å². The second-order valence-corrected chi connectivity index (χ2v) is 5.27. The van der Waals surface area contributed by atoms with Gasteiger partial charge in [0, 0.05) is 24.8 Å². The van der Waals surface area contributed by atoms with Gasteiger partial charge in [0.05, 0.1) is 0 Å². The molecule has 1 aliphatic heterocycles.